The van der Waals surface area contributed by atoms with Crippen LogP contribution in [0.2, 0.25) is 10.8 Å². The van der Waals surface area contributed by atoms with Gasteiger partial charge < -0.3 is 14.5 Å². The Hall–Kier alpha value is -3.01. The average molecular weight is 511 g/mol. The highest BCUT2D eigenvalue weighted by molar-refractivity contribution is 6.43. The monoisotopic (exact) mass is 511 g/mol. The highest BCUT2D eigenvalue weighted by atomic mass is 35.5. The molecule has 0 aliphatic carbocycles. The Labute approximate surface area is 222 Å². The second-order valence-corrected chi connectivity index (χ2v) is 9.24. The Morgan fingerprint density at radius 1 is 1.05 bits per heavy atom. The number of fused-ring (bicyclic) bond motifs is 1. The van der Waals surface area contributed by atoms with Crippen molar-refractivity contribution in [1.29, 1.82) is 0 Å². The number of nitrogens with zero attached hydrogens (tertiary/aromatic N) is 3. The molecule has 176 valence electrons. The zero-order chi connectivity index (χ0) is 27.4. The normalized spacial score (nSPS) is 20.2. The molecule has 4 amide bonds. The topological polar surface area (TPSA) is 78.0 Å². The third-order valence-electron chi connectivity index (χ3n) is 6.40. The van der Waals surface area contributed by atoms with Crippen LogP contribution < -0.4 is 0 Å². The van der Waals surface area contributed by atoms with Gasteiger partial charge in [-0.15, -0.1) is 0 Å². The first-order valence-corrected chi connectivity index (χ1v) is 11.2. The standard InChI is InChI=1S/C22H13B5ClF2N3O4/c23-15-8-16(34)32(26)19(36)17(15)31-9-10-7-12(3-6-14(10)18(31)35)22(24,25)33(27)20(37)21(29,30)11-1-4-13(28)5-2-11/h1-7,15,17H,8-9H2. The molecule has 0 N–H and O–H groups in total. The molecule has 2 heterocycles. The molecule has 10 radical (unpaired) electrons. The molecule has 2 atom stereocenters. The highest BCUT2D eigenvalue weighted by Gasteiger charge is 2.47. The zero-order valence-corrected chi connectivity index (χ0v) is 19.9. The molecular weight excluding hydrogens is 498 g/mol. The lowest BCUT2D eigenvalue weighted by Gasteiger charge is -2.40. The van der Waals surface area contributed by atoms with Crippen LogP contribution in [0, 0.1) is 0 Å². The van der Waals surface area contributed by atoms with Gasteiger partial charge in [0.05, 0.1) is 23.5 Å². The quantitative estimate of drug-likeness (QED) is 0.436. The number of carbonyl (C=O) groups excluding carboxylic acids is 4. The van der Waals surface area contributed by atoms with Crippen molar-refractivity contribution in [3.05, 3.63) is 69.7 Å². The lowest BCUT2D eigenvalue weighted by atomic mass is 9.55. The molecule has 15 heteroatoms. The van der Waals surface area contributed by atoms with Crippen molar-refractivity contribution in [2.45, 2.75) is 36.1 Å². The van der Waals surface area contributed by atoms with E-state index in [9.17, 15) is 28.0 Å². The van der Waals surface area contributed by atoms with Gasteiger partial charge in [-0.2, -0.15) is 8.78 Å². The van der Waals surface area contributed by atoms with E-state index >= 15 is 0 Å². The molecule has 37 heavy (non-hydrogen) atoms. The number of benzene rings is 2. The minimum atomic E-state index is -4.09. The van der Waals surface area contributed by atoms with Crippen LogP contribution in [0.3, 0.4) is 0 Å². The van der Waals surface area contributed by atoms with Crippen molar-refractivity contribution >= 4 is 74.7 Å². The number of hydrogen-bond donors (Lipinski definition) is 0. The third kappa shape index (κ3) is 4.49. The van der Waals surface area contributed by atoms with Gasteiger partial charge >= 0.3 is 5.92 Å². The summed E-state index contributed by atoms with van der Waals surface area (Å²) in [7, 11) is 29.2. The Kier molecular flexibility index (Phi) is 6.86. The van der Waals surface area contributed by atoms with Crippen molar-refractivity contribution in [3.63, 3.8) is 0 Å². The van der Waals surface area contributed by atoms with Crippen LogP contribution in [-0.4, -0.2) is 83.7 Å². The summed E-state index contributed by atoms with van der Waals surface area (Å²) in [6, 6.07) is 6.95. The smallest absolute Gasteiger partial charge is 0.348 e. The average Bonchev–Trinajstić information content (AvgIpc) is 3.17. The lowest BCUT2D eigenvalue weighted by Crippen LogP contribution is -2.56. The van der Waals surface area contributed by atoms with Gasteiger partial charge in [-0.1, -0.05) is 35.9 Å². The van der Waals surface area contributed by atoms with Crippen LogP contribution in [0.1, 0.15) is 33.5 Å². The van der Waals surface area contributed by atoms with Crippen molar-refractivity contribution in [1.82, 2.24) is 14.5 Å². The number of piperidine rings is 1. The number of hydrogen-bond acceptors (Lipinski definition) is 4. The molecule has 0 saturated carbocycles. The summed E-state index contributed by atoms with van der Waals surface area (Å²) in [6.45, 7) is -0.149. The Morgan fingerprint density at radius 3 is 2.27 bits per heavy atom. The molecule has 1 fully saturated rings. The summed E-state index contributed by atoms with van der Waals surface area (Å²) in [6.07, 6.45) is -0.251. The molecule has 2 unspecified atom stereocenters. The summed E-state index contributed by atoms with van der Waals surface area (Å²) in [5, 5.41) is -2.23. The minimum Gasteiger partial charge on any atom is -0.398 e. The first-order valence-electron chi connectivity index (χ1n) is 10.8. The first-order chi connectivity index (χ1) is 17.2. The molecule has 4 rings (SSSR count). The van der Waals surface area contributed by atoms with Crippen LogP contribution in [0.25, 0.3) is 0 Å². The maximum Gasteiger partial charge on any atom is 0.348 e. The van der Waals surface area contributed by atoms with E-state index in [1.165, 1.54) is 30.3 Å². The van der Waals surface area contributed by atoms with Gasteiger partial charge in [-0.05, 0) is 40.5 Å². The molecule has 2 aliphatic rings. The number of alkyl halides is 2. The molecular formula is C22H13B5ClF2N3O4. The summed E-state index contributed by atoms with van der Waals surface area (Å²) >= 11 is 5.72. The van der Waals surface area contributed by atoms with E-state index in [1.807, 2.05) is 0 Å². The van der Waals surface area contributed by atoms with Crippen molar-refractivity contribution in [3.8, 4) is 0 Å². The van der Waals surface area contributed by atoms with E-state index in [2.05, 4.69) is 0 Å². The Balaban J connectivity index is 1.60. The predicted octanol–water partition coefficient (Wildman–Crippen LogP) is 0.615. The van der Waals surface area contributed by atoms with Gasteiger partial charge in [0, 0.05) is 29.1 Å². The van der Waals surface area contributed by atoms with E-state index in [-0.39, 0.29) is 33.9 Å². The van der Waals surface area contributed by atoms with E-state index in [1.54, 1.807) is 0 Å². The first kappa shape index (κ1) is 27.0. The van der Waals surface area contributed by atoms with Crippen LogP contribution in [-0.2, 0) is 32.2 Å². The maximum atomic E-state index is 14.9. The van der Waals surface area contributed by atoms with E-state index in [0.717, 1.165) is 17.0 Å². The van der Waals surface area contributed by atoms with E-state index in [0.29, 0.717) is 10.4 Å². The van der Waals surface area contributed by atoms with Crippen molar-refractivity contribution in [2.24, 2.45) is 0 Å². The number of imide groups is 1. The fraction of sp³-hybridized carbons (Fsp3) is 0.273. The third-order valence-corrected chi connectivity index (χ3v) is 6.66. The van der Waals surface area contributed by atoms with Gasteiger partial charge in [0.25, 0.3) is 11.8 Å². The minimum absolute atomic E-state index is 0.0103. The van der Waals surface area contributed by atoms with Crippen molar-refractivity contribution in [2.75, 3.05) is 0 Å². The SMILES string of the molecule is [B]C1CC(=O)N([B])C(=O)C1N1Cc2cc(C([B])([B])N([B])C(=O)C(F)(F)c3ccc(Cl)cc3)ccc2C1=O. The van der Waals surface area contributed by atoms with Gasteiger partial charge in [0.2, 0.25) is 27.8 Å². The molecule has 0 aromatic heterocycles. The Bertz CT molecular complexity index is 1310. The maximum absolute atomic E-state index is 14.9. The van der Waals surface area contributed by atoms with Crippen LogP contribution in [0.4, 0.5) is 8.78 Å². The molecule has 2 aromatic rings. The van der Waals surface area contributed by atoms with Gasteiger partial charge in [0.15, 0.2) is 0 Å². The highest BCUT2D eigenvalue weighted by Crippen LogP contribution is 2.37. The number of amides is 4. The fourth-order valence-electron chi connectivity index (χ4n) is 4.28. The second-order valence-electron chi connectivity index (χ2n) is 8.80. The molecule has 1 saturated heterocycles. The van der Waals surface area contributed by atoms with Gasteiger partial charge in [-0.25, -0.2) is 0 Å². The summed E-state index contributed by atoms with van der Waals surface area (Å²) in [5.41, 5.74) is -0.280. The van der Waals surface area contributed by atoms with Gasteiger partial charge in [-0.3, -0.25) is 19.2 Å². The number of carbonyl (C=O) groups is 4. The van der Waals surface area contributed by atoms with E-state index < -0.39 is 52.3 Å². The predicted molar refractivity (Wildman–Crippen MR) is 133 cm³/mol. The number of rotatable bonds is 5. The zero-order valence-electron chi connectivity index (χ0n) is 19.1. The van der Waals surface area contributed by atoms with E-state index in [4.69, 9.17) is 51.1 Å². The number of halogens is 3. The molecule has 0 bridgehead atoms. The largest absolute Gasteiger partial charge is 0.398 e. The molecule has 0 spiro atoms. The van der Waals surface area contributed by atoms with Crippen LogP contribution >= 0.6 is 11.6 Å². The van der Waals surface area contributed by atoms with Gasteiger partial charge in [0.1, 0.15) is 6.04 Å². The van der Waals surface area contributed by atoms with Crippen LogP contribution in [0.5, 0.6) is 0 Å². The summed E-state index contributed by atoms with van der Waals surface area (Å²) in [4.78, 5) is 51.6. The molecule has 2 aromatic carbocycles. The second kappa shape index (κ2) is 9.38. The molecule has 2 aliphatic heterocycles. The summed E-state index contributed by atoms with van der Waals surface area (Å²) < 4.78 is 29.8. The lowest BCUT2D eigenvalue weighted by molar-refractivity contribution is -0.155. The molecule has 7 nitrogen and oxygen atoms in total. The van der Waals surface area contributed by atoms with Crippen LogP contribution in [0.15, 0.2) is 42.5 Å². The fourth-order valence-corrected chi connectivity index (χ4v) is 4.41. The van der Waals surface area contributed by atoms with Crippen molar-refractivity contribution < 1.29 is 28.0 Å². The Morgan fingerprint density at radius 2 is 1.65 bits per heavy atom. The summed E-state index contributed by atoms with van der Waals surface area (Å²) in [5.74, 6) is -9.07.